The van der Waals surface area contributed by atoms with Crippen molar-refractivity contribution in [1.29, 1.82) is 0 Å². The Hall–Kier alpha value is -1.07. The van der Waals surface area contributed by atoms with Crippen molar-refractivity contribution in [3.63, 3.8) is 0 Å². The topological polar surface area (TPSA) is 64.3 Å². The Morgan fingerprint density at radius 1 is 1.40 bits per heavy atom. The molecule has 0 saturated carbocycles. The highest BCUT2D eigenvalue weighted by molar-refractivity contribution is 9.10. The minimum Gasteiger partial charge on any atom is -0.497 e. The van der Waals surface area contributed by atoms with Crippen LogP contribution in [0.3, 0.4) is 0 Å². The molecule has 0 bridgehead atoms. The molecule has 20 heavy (non-hydrogen) atoms. The highest BCUT2D eigenvalue weighted by atomic mass is 79.9. The molecule has 1 amide bonds. The summed E-state index contributed by atoms with van der Waals surface area (Å²) in [7, 11) is 1.60. The molecule has 1 rings (SSSR count). The summed E-state index contributed by atoms with van der Waals surface area (Å²) in [6.07, 6.45) is 2.22. The molecule has 0 saturated heterocycles. The third-order valence-corrected chi connectivity index (χ3v) is 3.99. The van der Waals surface area contributed by atoms with Crippen LogP contribution in [0.15, 0.2) is 22.7 Å². The summed E-state index contributed by atoms with van der Waals surface area (Å²) >= 11 is 3.42. The molecule has 0 unspecified atom stereocenters. The zero-order valence-corrected chi connectivity index (χ0v) is 13.9. The Labute approximate surface area is 129 Å². The van der Waals surface area contributed by atoms with Gasteiger partial charge in [0.05, 0.1) is 12.8 Å². The molecule has 0 spiro atoms. The fourth-order valence-corrected chi connectivity index (χ4v) is 2.25. The van der Waals surface area contributed by atoms with Crippen LogP contribution in [0.25, 0.3) is 0 Å². The lowest BCUT2D eigenvalue weighted by atomic mass is 9.84. The van der Waals surface area contributed by atoms with Crippen molar-refractivity contribution < 1.29 is 9.53 Å². The van der Waals surface area contributed by atoms with Crippen LogP contribution in [0, 0.1) is 5.41 Å². The first-order valence-electron chi connectivity index (χ1n) is 6.71. The summed E-state index contributed by atoms with van der Waals surface area (Å²) in [6, 6.07) is 5.49. The SMILES string of the molecule is COc1ccc(Br)c(NC(=O)CCC(C)(C)CCN)c1. The van der Waals surface area contributed by atoms with Crippen molar-refractivity contribution in [2.75, 3.05) is 19.0 Å². The highest BCUT2D eigenvalue weighted by Crippen LogP contribution is 2.29. The van der Waals surface area contributed by atoms with E-state index in [1.54, 1.807) is 13.2 Å². The first kappa shape index (κ1) is 17.0. The number of benzene rings is 1. The van der Waals surface area contributed by atoms with Gasteiger partial charge in [0.1, 0.15) is 5.75 Å². The normalized spacial score (nSPS) is 11.2. The van der Waals surface area contributed by atoms with E-state index >= 15 is 0 Å². The number of carbonyl (C=O) groups excluding carboxylic acids is 1. The summed E-state index contributed by atoms with van der Waals surface area (Å²) in [5, 5.41) is 2.90. The number of ether oxygens (including phenoxy) is 1. The average molecular weight is 343 g/mol. The summed E-state index contributed by atoms with van der Waals surface area (Å²) < 4.78 is 5.99. The number of hydrogen-bond donors (Lipinski definition) is 2. The minimum absolute atomic E-state index is 0.00375. The molecule has 0 fully saturated rings. The molecule has 1 aromatic carbocycles. The van der Waals surface area contributed by atoms with Gasteiger partial charge in [-0.1, -0.05) is 13.8 Å². The largest absolute Gasteiger partial charge is 0.497 e. The number of rotatable bonds is 7. The number of nitrogens with two attached hydrogens (primary N) is 1. The maximum absolute atomic E-state index is 12.0. The molecule has 0 aliphatic heterocycles. The molecule has 0 radical (unpaired) electrons. The molecular formula is C15H23BrN2O2. The number of anilines is 1. The standard InChI is InChI=1S/C15H23BrN2O2/c1-15(2,8-9-17)7-6-14(19)18-13-10-11(20-3)4-5-12(13)16/h4-5,10H,6-9,17H2,1-3H3,(H,18,19). The Balaban J connectivity index is 2.58. The van der Waals surface area contributed by atoms with Gasteiger partial charge in [0.2, 0.25) is 5.91 Å². The number of nitrogens with one attached hydrogen (secondary N) is 1. The van der Waals surface area contributed by atoms with E-state index in [-0.39, 0.29) is 11.3 Å². The fourth-order valence-electron chi connectivity index (χ4n) is 1.91. The first-order chi connectivity index (χ1) is 9.38. The van der Waals surface area contributed by atoms with Crippen molar-refractivity contribution in [3.05, 3.63) is 22.7 Å². The second-order valence-corrected chi connectivity index (χ2v) is 6.45. The Morgan fingerprint density at radius 2 is 2.10 bits per heavy atom. The van der Waals surface area contributed by atoms with Gasteiger partial charge in [-0.05, 0) is 52.9 Å². The molecule has 0 aliphatic rings. The molecule has 5 heteroatoms. The van der Waals surface area contributed by atoms with E-state index in [2.05, 4.69) is 35.1 Å². The Kier molecular flexibility index (Phi) is 6.49. The van der Waals surface area contributed by atoms with Gasteiger partial charge in [0.15, 0.2) is 0 Å². The van der Waals surface area contributed by atoms with Crippen LogP contribution in [0.2, 0.25) is 0 Å². The van der Waals surface area contributed by atoms with Crippen molar-refractivity contribution in [3.8, 4) is 5.75 Å². The quantitative estimate of drug-likeness (QED) is 0.796. The second-order valence-electron chi connectivity index (χ2n) is 5.60. The predicted molar refractivity (Wildman–Crippen MR) is 86.0 cm³/mol. The monoisotopic (exact) mass is 342 g/mol. The van der Waals surface area contributed by atoms with Gasteiger partial charge in [-0.25, -0.2) is 0 Å². The summed E-state index contributed by atoms with van der Waals surface area (Å²) in [6.45, 7) is 4.92. The summed E-state index contributed by atoms with van der Waals surface area (Å²) in [5.41, 5.74) is 6.40. The molecule has 112 valence electrons. The molecular weight excluding hydrogens is 320 g/mol. The van der Waals surface area contributed by atoms with Gasteiger partial charge in [-0.3, -0.25) is 4.79 Å². The zero-order valence-electron chi connectivity index (χ0n) is 12.3. The highest BCUT2D eigenvalue weighted by Gasteiger charge is 2.18. The molecule has 3 N–H and O–H groups in total. The van der Waals surface area contributed by atoms with Crippen LogP contribution < -0.4 is 15.8 Å². The average Bonchev–Trinajstić information content (AvgIpc) is 2.39. The molecule has 0 aliphatic carbocycles. The third-order valence-electron chi connectivity index (χ3n) is 3.30. The van der Waals surface area contributed by atoms with Gasteiger partial charge in [-0.2, -0.15) is 0 Å². The van der Waals surface area contributed by atoms with Crippen LogP contribution >= 0.6 is 15.9 Å². The lowest BCUT2D eigenvalue weighted by Gasteiger charge is -2.23. The molecule has 0 atom stereocenters. The van der Waals surface area contributed by atoms with E-state index in [0.29, 0.717) is 18.7 Å². The number of halogens is 1. The predicted octanol–water partition coefficient (Wildman–Crippen LogP) is 3.55. The minimum atomic E-state index is 0.00375. The molecule has 0 aromatic heterocycles. The number of amides is 1. The van der Waals surface area contributed by atoms with Gasteiger partial charge >= 0.3 is 0 Å². The van der Waals surface area contributed by atoms with E-state index in [9.17, 15) is 4.79 Å². The van der Waals surface area contributed by atoms with Crippen molar-refractivity contribution in [2.24, 2.45) is 11.1 Å². The summed E-state index contributed by atoms with van der Waals surface area (Å²) in [5.74, 6) is 0.719. The zero-order chi connectivity index (χ0) is 15.2. The molecule has 1 aromatic rings. The van der Waals surface area contributed by atoms with Crippen LogP contribution in [0.4, 0.5) is 5.69 Å². The van der Waals surface area contributed by atoms with Crippen molar-refractivity contribution >= 4 is 27.5 Å². The van der Waals surface area contributed by atoms with E-state index in [4.69, 9.17) is 10.5 Å². The molecule has 0 heterocycles. The fraction of sp³-hybridized carbons (Fsp3) is 0.533. The van der Waals surface area contributed by atoms with E-state index in [0.717, 1.165) is 23.0 Å². The van der Waals surface area contributed by atoms with E-state index < -0.39 is 0 Å². The van der Waals surface area contributed by atoms with E-state index in [1.165, 1.54) is 0 Å². The second kappa shape index (κ2) is 7.64. The van der Waals surface area contributed by atoms with Gasteiger partial charge in [0.25, 0.3) is 0 Å². The van der Waals surface area contributed by atoms with Crippen LogP contribution in [-0.2, 0) is 4.79 Å². The van der Waals surface area contributed by atoms with Gasteiger partial charge < -0.3 is 15.8 Å². The van der Waals surface area contributed by atoms with Crippen molar-refractivity contribution in [1.82, 2.24) is 0 Å². The lowest BCUT2D eigenvalue weighted by Crippen LogP contribution is -2.20. The Morgan fingerprint density at radius 3 is 2.70 bits per heavy atom. The van der Waals surface area contributed by atoms with Crippen LogP contribution in [0.1, 0.15) is 33.1 Å². The van der Waals surface area contributed by atoms with E-state index in [1.807, 2.05) is 12.1 Å². The van der Waals surface area contributed by atoms with Gasteiger partial charge in [0, 0.05) is 17.0 Å². The molecule has 4 nitrogen and oxygen atoms in total. The lowest BCUT2D eigenvalue weighted by molar-refractivity contribution is -0.116. The Bertz CT molecular complexity index is 461. The summed E-state index contributed by atoms with van der Waals surface area (Å²) in [4.78, 5) is 12.0. The smallest absolute Gasteiger partial charge is 0.224 e. The number of carbonyl (C=O) groups is 1. The van der Waals surface area contributed by atoms with Crippen molar-refractivity contribution in [2.45, 2.75) is 33.1 Å². The van der Waals surface area contributed by atoms with Crippen LogP contribution in [-0.4, -0.2) is 19.6 Å². The first-order valence-corrected chi connectivity index (χ1v) is 7.51. The maximum atomic E-state index is 12.0. The van der Waals surface area contributed by atoms with Gasteiger partial charge in [-0.15, -0.1) is 0 Å². The number of hydrogen-bond acceptors (Lipinski definition) is 3. The maximum Gasteiger partial charge on any atom is 0.224 e. The third kappa shape index (κ3) is 5.51. The number of methoxy groups -OCH3 is 1. The van der Waals surface area contributed by atoms with Crippen LogP contribution in [0.5, 0.6) is 5.75 Å².